The molecule has 0 spiro atoms. The zero-order valence-electron chi connectivity index (χ0n) is 18.5. The van der Waals surface area contributed by atoms with Gasteiger partial charge in [-0.15, -0.1) is 11.8 Å². The number of aliphatic hydroxyl groups excluding tert-OH is 1. The Morgan fingerprint density at radius 2 is 1.84 bits per heavy atom. The molecule has 168 valence electrons. The van der Waals surface area contributed by atoms with Gasteiger partial charge in [-0.2, -0.15) is 0 Å². The molecule has 5 nitrogen and oxygen atoms in total. The highest BCUT2D eigenvalue weighted by atomic mass is 32.2. The third-order valence-corrected chi connectivity index (χ3v) is 6.91. The van der Waals surface area contributed by atoms with Gasteiger partial charge in [-0.3, -0.25) is 0 Å². The lowest BCUT2D eigenvalue weighted by molar-refractivity contribution is 0.201. The van der Waals surface area contributed by atoms with E-state index in [-0.39, 0.29) is 11.9 Å². The van der Waals surface area contributed by atoms with Gasteiger partial charge in [-0.25, -0.2) is 0 Å². The van der Waals surface area contributed by atoms with Crippen LogP contribution < -0.4 is 19.1 Å². The summed E-state index contributed by atoms with van der Waals surface area (Å²) in [7, 11) is 3.44. The Kier molecular flexibility index (Phi) is 7.45. The zero-order valence-corrected chi connectivity index (χ0v) is 19.3. The van der Waals surface area contributed by atoms with E-state index in [1.54, 1.807) is 14.2 Å². The predicted molar refractivity (Wildman–Crippen MR) is 129 cm³/mol. The molecule has 1 heterocycles. The van der Waals surface area contributed by atoms with E-state index in [2.05, 4.69) is 41.3 Å². The number of nitrogens with zero attached hydrogens (tertiary/aromatic N) is 1. The van der Waals surface area contributed by atoms with Crippen LogP contribution in [-0.2, 0) is 6.54 Å². The summed E-state index contributed by atoms with van der Waals surface area (Å²) >= 11 is 1.86. The van der Waals surface area contributed by atoms with Gasteiger partial charge in [0.2, 0.25) is 0 Å². The topological polar surface area (TPSA) is 51.2 Å². The Balaban J connectivity index is 1.64. The summed E-state index contributed by atoms with van der Waals surface area (Å²) in [6.07, 6.45) is 0.989. The molecular formula is C26H29NO4S. The number of methoxy groups -OCH3 is 2. The number of hydrogen-bond acceptors (Lipinski definition) is 6. The van der Waals surface area contributed by atoms with Crippen molar-refractivity contribution in [2.75, 3.05) is 38.9 Å². The summed E-state index contributed by atoms with van der Waals surface area (Å²) in [6.45, 7) is 1.99. The van der Waals surface area contributed by atoms with Crippen LogP contribution in [0.2, 0.25) is 0 Å². The fourth-order valence-corrected chi connectivity index (χ4v) is 5.37. The van der Waals surface area contributed by atoms with Gasteiger partial charge >= 0.3 is 0 Å². The minimum Gasteiger partial charge on any atom is -0.497 e. The van der Waals surface area contributed by atoms with Gasteiger partial charge in [-0.05, 0) is 48.4 Å². The Labute approximate surface area is 193 Å². The highest BCUT2D eigenvalue weighted by molar-refractivity contribution is 7.99. The Bertz CT molecular complexity index is 1040. The molecular weight excluding hydrogens is 422 g/mol. The van der Waals surface area contributed by atoms with Crippen LogP contribution in [0.25, 0.3) is 0 Å². The van der Waals surface area contributed by atoms with Crippen LogP contribution in [0.3, 0.4) is 0 Å². The quantitative estimate of drug-likeness (QED) is 0.500. The minimum atomic E-state index is 0.00706. The number of para-hydroxylation sites is 1. The lowest BCUT2D eigenvalue weighted by Crippen LogP contribution is -2.24. The lowest BCUT2D eigenvalue weighted by Gasteiger charge is -2.25. The van der Waals surface area contributed by atoms with Crippen molar-refractivity contribution in [3.05, 3.63) is 77.9 Å². The van der Waals surface area contributed by atoms with Crippen molar-refractivity contribution < 1.29 is 19.3 Å². The predicted octanol–water partition coefficient (Wildman–Crippen LogP) is 5.32. The lowest BCUT2D eigenvalue weighted by atomic mass is 10.1. The maximum atomic E-state index is 9.04. The highest BCUT2D eigenvalue weighted by Crippen LogP contribution is 2.48. The number of fused-ring (bicyclic) bond motifs is 1. The van der Waals surface area contributed by atoms with E-state index < -0.39 is 0 Å². The molecule has 4 rings (SSSR count). The fraction of sp³-hybridized carbons (Fsp3) is 0.308. The third kappa shape index (κ3) is 5.14. The first-order valence-electron chi connectivity index (χ1n) is 10.8. The molecule has 0 saturated heterocycles. The van der Waals surface area contributed by atoms with E-state index in [1.165, 1.54) is 21.7 Å². The Morgan fingerprint density at radius 3 is 2.66 bits per heavy atom. The van der Waals surface area contributed by atoms with E-state index in [1.807, 2.05) is 42.1 Å². The molecule has 0 bridgehead atoms. The van der Waals surface area contributed by atoms with Crippen molar-refractivity contribution in [1.29, 1.82) is 0 Å². The fourth-order valence-electron chi connectivity index (χ4n) is 4.02. The number of rotatable bonds is 8. The van der Waals surface area contributed by atoms with Gasteiger partial charge in [0.25, 0.3) is 0 Å². The number of ether oxygens (including phenoxy) is 3. The van der Waals surface area contributed by atoms with Crippen molar-refractivity contribution in [3.63, 3.8) is 0 Å². The average Bonchev–Trinajstić information content (AvgIpc) is 3.02. The van der Waals surface area contributed by atoms with Crippen molar-refractivity contribution >= 4 is 17.4 Å². The van der Waals surface area contributed by atoms with Crippen LogP contribution in [0.1, 0.15) is 22.8 Å². The number of benzene rings is 3. The third-order valence-electron chi connectivity index (χ3n) is 5.56. The molecule has 1 aliphatic heterocycles. The highest BCUT2D eigenvalue weighted by Gasteiger charge is 2.26. The second-order valence-corrected chi connectivity index (χ2v) is 8.86. The molecule has 1 unspecified atom stereocenters. The molecule has 1 N–H and O–H groups in total. The molecule has 1 atom stereocenters. The van der Waals surface area contributed by atoms with Gasteiger partial charge in [-0.1, -0.05) is 30.3 Å². The van der Waals surface area contributed by atoms with Crippen LogP contribution in [0.5, 0.6) is 17.2 Å². The first-order valence-corrected chi connectivity index (χ1v) is 11.6. The minimum absolute atomic E-state index is 0.00706. The molecule has 1 aliphatic rings. The standard InChI is InChI=1S/C26H29NO4S/c1-29-20-10-11-23-26(17-20)32-25(22-8-3-4-9-24(22)30-2)12-13-27(23)18-19-6-5-7-21(16-19)31-15-14-28/h3-11,16-17,25,28H,12-15,18H2,1-2H3. The largest absolute Gasteiger partial charge is 0.497 e. The number of anilines is 1. The van der Waals surface area contributed by atoms with Crippen LogP contribution in [0, 0.1) is 0 Å². The van der Waals surface area contributed by atoms with E-state index in [0.29, 0.717) is 6.61 Å². The van der Waals surface area contributed by atoms with Gasteiger partial charge in [0.15, 0.2) is 0 Å². The van der Waals surface area contributed by atoms with Crippen LogP contribution in [0.4, 0.5) is 5.69 Å². The number of aliphatic hydroxyl groups is 1. The van der Waals surface area contributed by atoms with E-state index >= 15 is 0 Å². The summed E-state index contributed by atoms with van der Waals surface area (Å²) < 4.78 is 16.8. The summed E-state index contributed by atoms with van der Waals surface area (Å²) in [5.41, 5.74) is 3.59. The van der Waals surface area contributed by atoms with E-state index in [9.17, 15) is 0 Å². The summed E-state index contributed by atoms with van der Waals surface area (Å²) in [6, 6.07) is 22.7. The van der Waals surface area contributed by atoms with Crippen LogP contribution in [0.15, 0.2) is 71.6 Å². The molecule has 0 aliphatic carbocycles. The van der Waals surface area contributed by atoms with Crippen LogP contribution in [-0.4, -0.2) is 39.1 Å². The van der Waals surface area contributed by atoms with Crippen molar-refractivity contribution in [2.24, 2.45) is 0 Å². The number of thioether (sulfide) groups is 1. The number of hydrogen-bond donors (Lipinski definition) is 1. The maximum absolute atomic E-state index is 9.04. The summed E-state index contributed by atoms with van der Waals surface area (Å²) in [4.78, 5) is 3.62. The first-order chi connectivity index (χ1) is 15.7. The zero-order chi connectivity index (χ0) is 22.3. The second-order valence-electron chi connectivity index (χ2n) is 7.61. The molecule has 0 fully saturated rings. The van der Waals surface area contributed by atoms with Crippen LogP contribution >= 0.6 is 11.8 Å². The van der Waals surface area contributed by atoms with Gasteiger partial charge in [0, 0.05) is 28.8 Å². The van der Waals surface area contributed by atoms with Gasteiger partial charge < -0.3 is 24.2 Å². The molecule has 6 heteroatoms. The van der Waals surface area contributed by atoms with Gasteiger partial charge in [0.1, 0.15) is 23.9 Å². The molecule has 3 aromatic carbocycles. The molecule has 32 heavy (non-hydrogen) atoms. The van der Waals surface area contributed by atoms with Crippen molar-refractivity contribution in [3.8, 4) is 17.2 Å². The van der Waals surface area contributed by atoms with E-state index in [0.717, 1.165) is 36.8 Å². The SMILES string of the molecule is COc1ccc2c(c1)SC(c1ccccc1OC)CCN2Cc1cccc(OCCO)c1. The maximum Gasteiger partial charge on any atom is 0.123 e. The monoisotopic (exact) mass is 451 g/mol. The second kappa shape index (κ2) is 10.7. The van der Waals surface area contributed by atoms with E-state index in [4.69, 9.17) is 19.3 Å². The van der Waals surface area contributed by atoms with Gasteiger partial charge in [0.05, 0.1) is 26.5 Å². The Hall–Kier alpha value is -2.83. The summed E-state index contributed by atoms with van der Waals surface area (Å²) in [5, 5.41) is 9.32. The van der Waals surface area contributed by atoms with Crippen molar-refractivity contribution in [1.82, 2.24) is 0 Å². The average molecular weight is 452 g/mol. The summed E-state index contributed by atoms with van der Waals surface area (Å²) in [5.74, 6) is 2.57. The molecule has 0 saturated carbocycles. The Morgan fingerprint density at radius 1 is 0.969 bits per heavy atom. The smallest absolute Gasteiger partial charge is 0.123 e. The first kappa shape index (κ1) is 22.4. The molecule has 0 radical (unpaired) electrons. The molecule has 0 amide bonds. The van der Waals surface area contributed by atoms with Crippen molar-refractivity contribution in [2.45, 2.75) is 23.1 Å². The molecule has 3 aromatic rings. The normalized spacial score (nSPS) is 15.6. The molecule has 0 aromatic heterocycles.